The van der Waals surface area contributed by atoms with Gasteiger partial charge in [-0.05, 0) is 0 Å². The summed E-state index contributed by atoms with van der Waals surface area (Å²) in [6.45, 7) is 4.00. The van der Waals surface area contributed by atoms with Gasteiger partial charge in [-0.2, -0.15) is 72.8 Å². The zero-order chi connectivity index (χ0) is 10.5. The van der Waals surface area contributed by atoms with Crippen LogP contribution in [0.5, 0.6) is 0 Å². The third-order valence-electron chi connectivity index (χ3n) is 1.21. The van der Waals surface area contributed by atoms with E-state index in [1.807, 2.05) is 74.5 Å². The molecule has 0 spiro atoms. The van der Waals surface area contributed by atoms with E-state index in [9.17, 15) is 0 Å². The Morgan fingerprint density at radius 2 is 0.737 bits per heavy atom. The Morgan fingerprint density at radius 3 is 0.789 bits per heavy atom. The van der Waals surface area contributed by atoms with Crippen molar-refractivity contribution in [2.24, 2.45) is 0 Å². The zero-order valence-electron chi connectivity index (χ0n) is 9.93. The second kappa shape index (κ2) is 36.3. The third kappa shape index (κ3) is 32.3. The van der Waals surface area contributed by atoms with Gasteiger partial charge in [-0.15, -0.1) is 0 Å². The van der Waals surface area contributed by atoms with Crippen molar-refractivity contribution < 1.29 is 66.8 Å². The molecule has 0 saturated heterocycles. The third-order valence-corrected chi connectivity index (χ3v) is 1.21. The molecule has 19 heavy (non-hydrogen) atoms. The molecule has 0 N–H and O–H groups in total. The fourth-order valence-electron chi connectivity index (χ4n) is 0.684. The summed E-state index contributed by atoms with van der Waals surface area (Å²) in [4.78, 5) is 0. The van der Waals surface area contributed by atoms with Crippen LogP contribution in [-0.2, 0) is 65.4 Å². The van der Waals surface area contributed by atoms with Gasteiger partial charge in [0.05, 0.1) is 0 Å². The van der Waals surface area contributed by atoms with Gasteiger partial charge < -0.3 is 0 Å². The molecular formula is C17H30Y2-2. The maximum absolute atomic E-state index is 2.89. The first-order valence-electron chi connectivity index (χ1n) is 4.82. The van der Waals surface area contributed by atoms with E-state index in [4.69, 9.17) is 0 Å². The minimum absolute atomic E-state index is 0. The first-order chi connectivity index (χ1) is 7.00. The predicted octanol–water partition coefficient (Wildman–Crippen LogP) is 6.15. The van der Waals surface area contributed by atoms with Crippen molar-refractivity contribution in [2.45, 2.75) is 36.1 Å². The Balaban J connectivity index is -0.0000000237. The molecule has 0 heterocycles. The van der Waals surface area contributed by atoms with Crippen LogP contribution in [-0.4, -0.2) is 0 Å². The second-order valence-corrected chi connectivity index (χ2v) is 2.15. The summed E-state index contributed by atoms with van der Waals surface area (Å²) in [6.07, 6.45) is 0. The topological polar surface area (TPSA) is 0 Å². The van der Waals surface area contributed by atoms with E-state index in [1.54, 1.807) is 0 Å². The maximum Gasteiger partial charge on any atom is 0 e. The maximum atomic E-state index is 2.89. The van der Waals surface area contributed by atoms with Gasteiger partial charge >= 0.3 is 0 Å². The van der Waals surface area contributed by atoms with Crippen LogP contribution in [0.4, 0.5) is 0 Å². The molecule has 2 rings (SSSR count). The standard InChI is InChI=1S/2C6H5.C2H6.3CH4.2Y.H2/c2*1-2-4-6-5-3-1;1-2;;;;;;/h2*1-5H;1-2H3;3*1H4;;;1H/q2*-1;;;;;;;. The smallest absolute Gasteiger partial charge is 0 e. The van der Waals surface area contributed by atoms with Crippen LogP contribution in [0.3, 0.4) is 0 Å². The van der Waals surface area contributed by atoms with Crippen LogP contribution in [0.25, 0.3) is 0 Å². The first kappa shape index (κ1) is 36.7. The van der Waals surface area contributed by atoms with E-state index in [0.717, 1.165) is 0 Å². The summed E-state index contributed by atoms with van der Waals surface area (Å²) in [5.74, 6) is 0. The minimum atomic E-state index is 0. The Kier molecular flexibility index (Phi) is 70.1. The van der Waals surface area contributed by atoms with Gasteiger partial charge in [0.2, 0.25) is 0 Å². The molecule has 0 aliphatic heterocycles. The summed E-state index contributed by atoms with van der Waals surface area (Å²) in [5.41, 5.74) is 0. The van der Waals surface area contributed by atoms with Crippen molar-refractivity contribution in [1.29, 1.82) is 0 Å². The Bertz CT molecular complexity index is 190. The van der Waals surface area contributed by atoms with Crippen molar-refractivity contribution >= 4 is 0 Å². The minimum Gasteiger partial charge on any atom is -0.184 e. The zero-order valence-corrected chi connectivity index (χ0v) is 15.6. The normalized spacial score (nSPS) is 5.37. The summed E-state index contributed by atoms with van der Waals surface area (Å²) in [5, 5.41) is 0. The van der Waals surface area contributed by atoms with Crippen molar-refractivity contribution in [2.75, 3.05) is 0 Å². The number of rotatable bonds is 0. The fraction of sp³-hybridized carbons (Fsp3) is 0.294. The molecule has 2 aromatic carbocycles. The van der Waals surface area contributed by atoms with Crippen molar-refractivity contribution in [3.8, 4) is 0 Å². The molecule has 0 aliphatic rings. The van der Waals surface area contributed by atoms with Gasteiger partial charge in [0.1, 0.15) is 0 Å². The molecule has 0 aliphatic carbocycles. The van der Waals surface area contributed by atoms with Crippen molar-refractivity contribution in [3.05, 3.63) is 72.8 Å². The predicted molar refractivity (Wildman–Crippen MR) is 84.2 cm³/mol. The molecule has 0 amide bonds. The van der Waals surface area contributed by atoms with E-state index in [-0.39, 0.29) is 89.1 Å². The molecule has 0 nitrogen and oxygen atoms in total. The number of hydrogen-bond acceptors (Lipinski definition) is 0. The van der Waals surface area contributed by atoms with Gasteiger partial charge in [0.15, 0.2) is 0 Å². The fourth-order valence-corrected chi connectivity index (χ4v) is 0.684. The van der Waals surface area contributed by atoms with E-state index < -0.39 is 0 Å². The monoisotopic (exact) mass is 412 g/mol. The molecule has 2 radical (unpaired) electrons. The summed E-state index contributed by atoms with van der Waals surface area (Å²) in [6, 6.07) is 25.0. The first-order valence-corrected chi connectivity index (χ1v) is 4.82. The summed E-state index contributed by atoms with van der Waals surface area (Å²) < 4.78 is 0. The molecular weight excluding hydrogens is 382 g/mol. The molecule has 0 aromatic heterocycles. The molecule has 0 unspecified atom stereocenters. The van der Waals surface area contributed by atoms with Crippen LogP contribution in [0.15, 0.2) is 60.7 Å². The van der Waals surface area contributed by atoms with Crippen LogP contribution >= 0.6 is 0 Å². The molecule has 106 valence electrons. The summed E-state index contributed by atoms with van der Waals surface area (Å²) >= 11 is 0. The van der Waals surface area contributed by atoms with Gasteiger partial charge in [-0.1, -0.05) is 36.1 Å². The van der Waals surface area contributed by atoms with E-state index >= 15 is 0 Å². The van der Waals surface area contributed by atoms with Gasteiger partial charge in [-0.3, -0.25) is 0 Å². The van der Waals surface area contributed by atoms with Crippen LogP contribution in [0.1, 0.15) is 37.6 Å². The largest absolute Gasteiger partial charge is 0.184 e. The van der Waals surface area contributed by atoms with Gasteiger partial charge in [-0.25, -0.2) is 0 Å². The van der Waals surface area contributed by atoms with Gasteiger partial charge in [0, 0.05) is 66.8 Å². The van der Waals surface area contributed by atoms with Crippen LogP contribution in [0, 0.1) is 12.1 Å². The Hall–Kier alpha value is 0.648. The van der Waals surface area contributed by atoms with E-state index in [0.29, 0.717) is 0 Å². The molecule has 0 atom stereocenters. The number of hydrogen-bond donors (Lipinski definition) is 0. The van der Waals surface area contributed by atoms with E-state index in [1.165, 1.54) is 0 Å². The molecule has 2 heteroatoms. The van der Waals surface area contributed by atoms with Crippen LogP contribution in [0.2, 0.25) is 0 Å². The molecule has 0 bridgehead atoms. The van der Waals surface area contributed by atoms with Gasteiger partial charge in [0.25, 0.3) is 0 Å². The molecule has 2 aromatic rings. The van der Waals surface area contributed by atoms with Crippen LogP contribution < -0.4 is 0 Å². The molecule has 0 fully saturated rings. The van der Waals surface area contributed by atoms with Crippen molar-refractivity contribution in [1.82, 2.24) is 0 Å². The average Bonchev–Trinajstić information content (AvgIpc) is 2.37. The molecule has 0 saturated carbocycles. The summed E-state index contributed by atoms with van der Waals surface area (Å²) in [7, 11) is 0. The average molecular weight is 412 g/mol. The Labute approximate surface area is 174 Å². The SMILES string of the molecule is C.C.C.CC.[HH].[Y].[Y].[c-]1ccccc1.[c-]1ccccc1. The quantitative estimate of drug-likeness (QED) is 0.456. The number of benzene rings is 2. The Morgan fingerprint density at radius 1 is 0.526 bits per heavy atom. The van der Waals surface area contributed by atoms with Crippen molar-refractivity contribution in [3.63, 3.8) is 0 Å². The second-order valence-electron chi connectivity index (χ2n) is 2.15. The van der Waals surface area contributed by atoms with E-state index in [2.05, 4.69) is 12.1 Å².